The first kappa shape index (κ1) is 15.9. The number of methoxy groups -OCH3 is 1. The summed E-state index contributed by atoms with van der Waals surface area (Å²) in [5, 5.41) is 21.7. The molecule has 0 saturated heterocycles. The van der Waals surface area contributed by atoms with Crippen molar-refractivity contribution in [3.63, 3.8) is 0 Å². The Balaban J connectivity index is 3.06. The molecule has 2 N–H and O–H groups in total. The molecule has 0 saturated carbocycles. The van der Waals surface area contributed by atoms with E-state index in [0.29, 0.717) is 12.1 Å². The molecular formula is C11H12F2N2O5. The van der Waals surface area contributed by atoms with Crippen LogP contribution in [0.4, 0.5) is 14.5 Å². The van der Waals surface area contributed by atoms with Gasteiger partial charge in [-0.2, -0.15) is 4.39 Å². The predicted octanol–water partition coefficient (Wildman–Crippen LogP) is 0.610. The van der Waals surface area contributed by atoms with Crippen molar-refractivity contribution in [2.24, 2.45) is 0 Å². The van der Waals surface area contributed by atoms with E-state index >= 15 is 0 Å². The molecule has 0 aliphatic heterocycles. The molecule has 1 amide bonds. The van der Waals surface area contributed by atoms with Crippen molar-refractivity contribution in [3.8, 4) is 0 Å². The van der Waals surface area contributed by atoms with Crippen molar-refractivity contribution in [1.29, 1.82) is 0 Å². The van der Waals surface area contributed by atoms with Gasteiger partial charge in [-0.1, -0.05) is 0 Å². The third kappa shape index (κ3) is 3.68. The number of ether oxygens (including phenoxy) is 1. The van der Waals surface area contributed by atoms with Gasteiger partial charge in [-0.15, -0.1) is 0 Å². The van der Waals surface area contributed by atoms with Crippen LogP contribution in [0.3, 0.4) is 0 Å². The van der Waals surface area contributed by atoms with Crippen LogP contribution in [0.1, 0.15) is 10.4 Å². The molecule has 110 valence electrons. The molecule has 0 aromatic heterocycles. The number of nitro groups is 1. The first-order valence-corrected chi connectivity index (χ1v) is 5.44. The summed E-state index contributed by atoms with van der Waals surface area (Å²) in [4.78, 5) is 21.1. The Hall–Kier alpha value is -2.13. The number of carbonyl (C=O) groups excluding carboxylic acids is 1. The maximum Gasteiger partial charge on any atom is 0.308 e. The maximum atomic E-state index is 13.7. The number of benzene rings is 1. The number of nitrogens with zero attached hydrogens (tertiary/aromatic N) is 1. The molecule has 0 radical (unpaired) electrons. The number of hydrogen-bond donors (Lipinski definition) is 2. The highest BCUT2D eigenvalue weighted by atomic mass is 19.1. The summed E-state index contributed by atoms with van der Waals surface area (Å²) in [6.45, 7) is -0.542. The Morgan fingerprint density at radius 2 is 2.20 bits per heavy atom. The second-order valence-corrected chi connectivity index (χ2v) is 3.85. The van der Waals surface area contributed by atoms with Crippen LogP contribution in [0.15, 0.2) is 12.1 Å². The average Bonchev–Trinajstić information content (AvgIpc) is 2.39. The molecule has 1 aromatic rings. The fourth-order valence-electron chi connectivity index (χ4n) is 1.48. The van der Waals surface area contributed by atoms with Crippen molar-refractivity contribution < 1.29 is 28.3 Å². The van der Waals surface area contributed by atoms with Crippen LogP contribution < -0.4 is 5.32 Å². The van der Waals surface area contributed by atoms with Gasteiger partial charge < -0.3 is 15.2 Å². The van der Waals surface area contributed by atoms with Crippen LogP contribution in [0, 0.1) is 21.7 Å². The fraction of sp³-hybridized carbons (Fsp3) is 0.364. The third-order valence-corrected chi connectivity index (χ3v) is 2.38. The Bertz CT molecular complexity index is 524. The quantitative estimate of drug-likeness (QED) is 0.590. The number of rotatable bonds is 6. The number of amides is 1. The van der Waals surface area contributed by atoms with Gasteiger partial charge >= 0.3 is 5.69 Å². The zero-order valence-electron chi connectivity index (χ0n) is 10.4. The zero-order valence-corrected chi connectivity index (χ0v) is 10.4. The van der Waals surface area contributed by atoms with Crippen LogP contribution in [-0.2, 0) is 4.74 Å². The Morgan fingerprint density at radius 3 is 2.70 bits per heavy atom. The SMILES string of the molecule is COCC(CO)NC(=O)c1cc(F)cc([N+](=O)[O-])c1F. The lowest BCUT2D eigenvalue weighted by Gasteiger charge is -2.15. The molecular weight excluding hydrogens is 278 g/mol. The van der Waals surface area contributed by atoms with Crippen LogP contribution in [0.2, 0.25) is 0 Å². The predicted molar refractivity (Wildman–Crippen MR) is 63.2 cm³/mol. The maximum absolute atomic E-state index is 13.7. The van der Waals surface area contributed by atoms with Gasteiger partial charge in [-0.3, -0.25) is 14.9 Å². The molecule has 1 rings (SSSR count). The summed E-state index contributed by atoms with van der Waals surface area (Å²) in [5.41, 5.74) is -1.95. The van der Waals surface area contributed by atoms with Crippen molar-refractivity contribution >= 4 is 11.6 Å². The van der Waals surface area contributed by atoms with Crippen molar-refractivity contribution in [2.45, 2.75) is 6.04 Å². The van der Waals surface area contributed by atoms with Crippen LogP contribution in [0.5, 0.6) is 0 Å². The van der Waals surface area contributed by atoms with Gasteiger partial charge in [0.15, 0.2) is 0 Å². The largest absolute Gasteiger partial charge is 0.394 e. The summed E-state index contributed by atoms with van der Waals surface area (Å²) < 4.78 is 31.6. The van der Waals surface area contributed by atoms with Gasteiger partial charge in [0.25, 0.3) is 5.91 Å². The fourth-order valence-corrected chi connectivity index (χ4v) is 1.48. The van der Waals surface area contributed by atoms with Crippen molar-refractivity contribution in [1.82, 2.24) is 5.32 Å². The van der Waals surface area contributed by atoms with E-state index in [-0.39, 0.29) is 6.61 Å². The minimum atomic E-state index is -1.44. The molecule has 9 heteroatoms. The number of hydrogen-bond acceptors (Lipinski definition) is 5. The molecule has 0 bridgehead atoms. The van der Waals surface area contributed by atoms with Crippen LogP contribution in [-0.4, -0.2) is 42.3 Å². The zero-order chi connectivity index (χ0) is 15.3. The van der Waals surface area contributed by atoms with E-state index in [1.807, 2.05) is 0 Å². The topological polar surface area (TPSA) is 102 Å². The van der Waals surface area contributed by atoms with Gasteiger partial charge in [0.2, 0.25) is 5.82 Å². The van der Waals surface area contributed by atoms with E-state index in [2.05, 4.69) is 5.32 Å². The summed E-state index contributed by atoms with van der Waals surface area (Å²) >= 11 is 0. The molecule has 0 spiro atoms. The second kappa shape index (κ2) is 6.87. The molecule has 7 nitrogen and oxygen atoms in total. The van der Waals surface area contributed by atoms with Gasteiger partial charge in [0, 0.05) is 7.11 Å². The van der Waals surface area contributed by atoms with E-state index in [9.17, 15) is 23.7 Å². The highest BCUT2D eigenvalue weighted by molar-refractivity contribution is 5.95. The molecule has 20 heavy (non-hydrogen) atoms. The average molecular weight is 290 g/mol. The minimum Gasteiger partial charge on any atom is -0.394 e. The smallest absolute Gasteiger partial charge is 0.308 e. The van der Waals surface area contributed by atoms with Gasteiger partial charge in [0.1, 0.15) is 5.82 Å². The van der Waals surface area contributed by atoms with Crippen molar-refractivity contribution in [2.75, 3.05) is 20.3 Å². The Labute approximate surface area is 112 Å². The van der Waals surface area contributed by atoms with Gasteiger partial charge in [0.05, 0.1) is 35.8 Å². The molecule has 0 heterocycles. The van der Waals surface area contributed by atoms with E-state index in [1.54, 1.807) is 0 Å². The number of aliphatic hydroxyl groups excluding tert-OH is 1. The number of nitrogens with one attached hydrogen (secondary N) is 1. The van der Waals surface area contributed by atoms with Crippen LogP contribution >= 0.6 is 0 Å². The molecule has 0 fully saturated rings. The molecule has 0 aliphatic carbocycles. The van der Waals surface area contributed by atoms with E-state index < -0.39 is 46.4 Å². The summed E-state index contributed by atoms with van der Waals surface area (Å²) in [6, 6.07) is 0.0817. The summed E-state index contributed by atoms with van der Waals surface area (Å²) in [6.07, 6.45) is 0. The van der Waals surface area contributed by atoms with Crippen molar-refractivity contribution in [3.05, 3.63) is 39.4 Å². The molecule has 0 aliphatic rings. The highest BCUT2D eigenvalue weighted by Crippen LogP contribution is 2.22. The minimum absolute atomic E-state index is 0.0543. The van der Waals surface area contributed by atoms with E-state index in [1.165, 1.54) is 7.11 Å². The summed E-state index contributed by atoms with van der Waals surface area (Å²) in [7, 11) is 1.32. The third-order valence-electron chi connectivity index (χ3n) is 2.38. The second-order valence-electron chi connectivity index (χ2n) is 3.85. The number of nitro benzene ring substituents is 1. The first-order valence-electron chi connectivity index (χ1n) is 5.44. The van der Waals surface area contributed by atoms with Gasteiger partial charge in [-0.05, 0) is 6.07 Å². The normalized spacial score (nSPS) is 12.0. The lowest BCUT2D eigenvalue weighted by atomic mass is 10.1. The number of carbonyl (C=O) groups is 1. The Morgan fingerprint density at radius 1 is 1.55 bits per heavy atom. The van der Waals surface area contributed by atoms with E-state index in [0.717, 1.165) is 0 Å². The molecule has 1 aromatic carbocycles. The standard InChI is InChI=1S/C11H12F2N2O5/c1-20-5-7(4-16)14-11(17)8-2-6(12)3-9(10(8)13)15(18)19/h2-3,7,16H,4-5H2,1H3,(H,14,17). The molecule has 1 unspecified atom stereocenters. The number of halogens is 2. The van der Waals surface area contributed by atoms with Gasteiger partial charge in [-0.25, -0.2) is 4.39 Å². The Kier molecular flexibility index (Phi) is 5.47. The highest BCUT2D eigenvalue weighted by Gasteiger charge is 2.25. The first-order chi connectivity index (χ1) is 9.40. The summed E-state index contributed by atoms with van der Waals surface area (Å²) in [5.74, 6) is -3.64. The molecule has 1 atom stereocenters. The lowest BCUT2D eigenvalue weighted by molar-refractivity contribution is -0.387. The lowest BCUT2D eigenvalue weighted by Crippen LogP contribution is -2.41. The van der Waals surface area contributed by atoms with Crippen LogP contribution in [0.25, 0.3) is 0 Å². The van der Waals surface area contributed by atoms with E-state index in [4.69, 9.17) is 9.84 Å². The monoisotopic (exact) mass is 290 g/mol. The number of aliphatic hydroxyl groups is 1.